The van der Waals surface area contributed by atoms with Crippen molar-refractivity contribution in [1.82, 2.24) is 24.7 Å². The smallest absolute Gasteiger partial charge is 0.253 e. The molecule has 1 saturated heterocycles. The number of carbonyl (C=O) groups is 1. The molecule has 1 aliphatic heterocycles. The van der Waals surface area contributed by atoms with Crippen LogP contribution in [0, 0.1) is 6.92 Å². The van der Waals surface area contributed by atoms with Crippen LogP contribution < -0.4 is 5.32 Å². The van der Waals surface area contributed by atoms with E-state index in [-0.39, 0.29) is 5.91 Å². The summed E-state index contributed by atoms with van der Waals surface area (Å²) in [5.74, 6) is 0.131. The van der Waals surface area contributed by atoms with E-state index in [0.29, 0.717) is 12.2 Å². The zero-order valence-corrected chi connectivity index (χ0v) is 14.1. The number of aromatic nitrogens is 4. The van der Waals surface area contributed by atoms with Crippen molar-refractivity contribution in [3.8, 4) is 0 Å². The molecule has 0 atom stereocenters. The van der Waals surface area contributed by atoms with E-state index in [1.54, 1.807) is 10.8 Å². The Morgan fingerprint density at radius 1 is 1.20 bits per heavy atom. The third kappa shape index (κ3) is 3.17. The quantitative estimate of drug-likeness (QED) is 0.791. The van der Waals surface area contributed by atoms with Gasteiger partial charge < -0.3 is 10.2 Å². The van der Waals surface area contributed by atoms with Gasteiger partial charge in [-0.05, 0) is 43.5 Å². The average Bonchev–Trinajstić information content (AvgIpc) is 3.31. The number of amides is 1. The number of rotatable bonds is 4. The first-order chi connectivity index (χ1) is 12.2. The lowest BCUT2D eigenvalue weighted by Gasteiger charge is -2.15. The van der Waals surface area contributed by atoms with Gasteiger partial charge in [-0.3, -0.25) is 4.79 Å². The number of aryl methyl sites for hydroxylation is 1. The van der Waals surface area contributed by atoms with Crippen LogP contribution in [0.5, 0.6) is 0 Å². The largest absolute Gasteiger partial charge is 0.378 e. The number of hydrogen-bond acceptors (Lipinski definition) is 5. The Bertz CT molecular complexity index is 896. The molecule has 1 N–H and O–H groups in total. The van der Waals surface area contributed by atoms with Crippen molar-refractivity contribution in [1.29, 1.82) is 0 Å². The van der Waals surface area contributed by atoms with Crippen LogP contribution in [-0.2, 0) is 6.54 Å². The second-order valence-corrected chi connectivity index (χ2v) is 6.35. The Morgan fingerprint density at radius 2 is 1.96 bits per heavy atom. The lowest BCUT2D eigenvalue weighted by atomic mass is 10.1. The number of hydrogen-bond donors (Lipinski definition) is 1. The molecule has 7 nitrogen and oxygen atoms in total. The van der Waals surface area contributed by atoms with Gasteiger partial charge >= 0.3 is 0 Å². The van der Waals surface area contributed by atoms with Crippen molar-refractivity contribution in [2.75, 3.05) is 18.4 Å². The van der Waals surface area contributed by atoms with Gasteiger partial charge in [-0.1, -0.05) is 12.1 Å². The van der Waals surface area contributed by atoms with E-state index in [4.69, 9.17) is 0 Å². The molecule has 1 aromatic carbocycles. The first kappa shape index (κ1) is 15.6. The lowest BCUT2D eigenvalue weighted by molar-refractivity contribution is 0.0793. The number of benzene rings is 1. The summed E-state index contributed by atoms with van der Waals surface area (Å²) in [6.07, 6.45) is 3.80. The van der Waals surface area contributed by atoms with Gasteiger partial charge in [0.15, 0.2) is 0 Å². The molecule has 3 heterocycles. The van der Waals surface area contributed by atoms with Gasteiger partial charge in [0.25, 0.3) is 5.91 Å². The molecule has 25 heavy (non-hydrogen) atoms. The van der Waals surface area contributed by atoms with Crippen LogP contribution >= 0.6 is 0 Å². The third-order valence-corrected chi connectivity index (χ3v) is 4.47. The van der Waals surface area contributed by atoms with Gasteiger partial charge in [0, 0.05) is 25.2 Å². The number of carbonyl (C=O) groups excluding carboxylic acids is 1. The summed E-state index contributed by atoms with van der Waals surface area (Å²) in [7, 11) is 0. The normalized spacial score (nSPS) is 14.2. The van der Waals surface area contributed by atoms with Crippen molar-refractivity contribution < 1.29 is 4.79 Å². The molecule has 2 aromatic heterocycles. The van der Waals surface area contributed by atoms with Gasteiger partial charge in [0.05, 0.1) is 11.4 Å². The Balaban J connectivity index is 1.46. The molecular weight excluding hydrogens is 316 g/mol. The highest BCUT2D eigenvalue weighted by atomic mass is 16.2. The lowest BCUT2D eigenvalue weighted by Crippen LogP contribution is -2.27. The minimum absolute atomic E-state index is 0.131. The van der Waals surface area contributed by atoms with Gasteiger partial charge in [-0.2, -0.15) is 9.61 Å². The maximum Gasteiger partial charge on any atom is 0.253 e. The summed E-state index contributed by atoms with van der Waals surface area (Å²) < 4.78 is 1.66. The molecule has 0 saturated carbocycles. The average molecular weight is 336 g/mol. The van der Waals surface area contributed by atoms with E-state index in [2.05, 4.69) is 20.6 Å². The molecule has 7 heteroatoms. The van der Waals surface area contributed by atoms with Crippen LogP contribution in [0.3, 0.4) is 0 Å². The zero-order chi connectivity index (χ0) is 17.2. The maximum absolute atomic E-state index is 12.4. The fraction of sp³-hybridized carbons (Fsp3) is 0.333. The van der Waals surface area contributed by atoms with Crippen LogP contribution in [0.4, 0.5) is 5.69 Å². The van der Waals surface area contributed by atoms with Crippen molar-refractivity contribution in [3.05, 3.63) is 53.5 Å². The molecule has 3 aromatic rings. The Hall–Kier alpha value is -2.96. The van der Waals surface area contributed by atoms with Crippen LogP contribution in [-0.4, -0.2) is 43.7 Å². The molecule has 1 fully saturated rings. The van der Waals surface area contributed by atoms with Crippen LogP contribution in [0.1, 0.15) is 34.5 Å². The Labute approximate surface area is 145 Å². The SMILES string of the molecule is Cc1cc(NCc2ccc(C(=O)N3CCCC3)cc2)c2nncn2n1. The minimum Gasteiger partial charge on any atom is -0.378 e. The molecule has 128 valence electrons. The van der Waals surface area contributed by atoms with Gasteiger partial charge in [0.1, 0.15) is 6.33 Å². The van der Waals surface area contributed by atoms with Crippen molar-refractivity contribution in [3.63, 3.8) is 0 Å². The van der Waals surface area contributed by atoms with E-state index in [0.717, 1.165) is 48.4 Å². The zero-order valence-electron chi connectivity index (χ0n) is 14.1. The first-order valence-electron chi connectivity index (χ1n) is 8.50. The number of nitrogens with zero attached hydrogens (tertiary/aromatic N) is 5. The maximum atomic E-state index is 12.4. The highest BCUT2D eigenvalue weighted by molar-refractivity contribution is 5.94. The summed E-state index contributed by atoms with van der Waals surface area (Å²) >= 11 is 0. The van der Waals surface area contributed by atoms with E-state index in [9.17, 15) is 4.79 Å². The van der Waals surface area contributed by atoms with E-state index >= 15 is 0 Å². The van der Waals surface area contributed by atoms with Crippen LogP contribution in [0.15, 0.2) is 36.7 Å². The molecular formula is C18H20N6O. The predicted molar refractivity (Wildman–Crippen MR) is 94.4 cm³/mol. The molecule has 1 aliphatic rings. The van der Waals surface area contributed by atoms with E-state index < -0.39 is 0 Å². The fourth-order valence-electron chi connectivity index (χ4n) is 3.15. The molecule has 0 aliphatic carbocycles. The molecule has 0 spiro atoms. The van der Waals surface area contributed by atoms with Crippen LogP contribution in [0.25, 0.3) is 5.65 Å². The molecule has 1 amide bonds. The predicted octanol–water partition coefficient (Wildman–Crippen LogP) is 2.28. The van der Waals surface area contributed by atoms with Crippen molar-refractivity contribution >= 4 is 17.2 Å². The first-order valence-corrected chi connectivity index (χ1v) is 8.50. The van der Waals surface area contributed by atoms with Crippen molar-refractivity contribution in [2.45, 2.75) is 26.3 Å². The van der Waals surface area contributed by atoms with E-state index in [1.807, 2.05) is 42.2 Å². The molecule has 0 unspecified atom stereocenters. The number of anilines is 1. The third-order valence-electron chi connectivity index (χ3n) is 4.47. The van der Waals surface area contributed by atoms with E-state index in [1.165, 1.54) is 0 Å². The highest BCUT2D eigenvalue weighted by Gasteiger charge is 2.19. The number of fused-ring (bicyclic) bond motifs is 1. The van der Waals surface area contributed by atoms with Gasteiger partial charge in [-0.25, -0.2) is 0 Å². The Kier molecular flexibility index (Phi) is 4.05. The summed E-state index contributed by atoms with van der Waals surface area (Å²) in [6.45, 7) is 4.32. The molecule has 0 bridgehead atoms. The molecule has 4 rings (SSSR count). The summed E-state index contributed by atoms with van der Waals surface area (Å²) in [4.78, 5) is 14.3. The monoisotopic (exact) mass is 336 g/mol. The second kappa shape index (κ2) is 6.51. The second-order valence-electron chi connectivity index (χ2n) is 6.35. The fourth-order valence-corrected chi connectivity index (χ4v) is 3.15. The molecule has 0 radical (unpaired) electrons. The summed E-state index contributed by atoms with van der Waals surface area (Å²) in [5, 5.41) is 15.7. The summed E-state index contributed by atoms with van der Waals surface area (Å²) in [5.41, 5.74) is 4.34. The minimum atomic E-state index is 0.131. The number of nitrogens with one attached hydrogen (secondary N) is 1. The van der Waals surface area contributed by atoms with Gasteiger partial charge in [0.2, 0.25) is 5.65 Å². The van der Waals surface area contributed by atoms with Gasteiger partial charge in [-0.15, -0.1) is 10.2 Å². The topological polar surface area (TPSA) is 75.4 Å². The number of likely N-dealkylation sites (tertiary alicyclic amines) is 1. The summed E-state index contributed by atoms with van der Waals surface area (Å²) in [6, 6.07) is 9.75. The standard InChI is InChI=1S/C18H20N6O/c1-13-10-16(17-21-20-12-24(17)22-13)19-11-14-4-6-15(7-5-14)18(25)23-8-2-3-9-23/h4-7,10,12,19H,2-3,8-9,11H2,1H3. The Morgan fingerprint density at radius 3 is 2.72 bits per heavy atom. The van der Waals surface area contributed by atoms with Crippen molar-refractivity contribution in [2.24, 2.45) is 0 Å². The highest BCUT2D eigenvalue weighted by Crippen LogP contribution is 2.17. The van der Waals surface area contributed by atoms with Crippen LogP contribution in [0.2, 0.25) is 0 Å².